The molecule has 0 bridgehead atoms. The number of hydrogen-bond acceptors (Lipinski definition) is 4. The molecule has 1 aromatic carbocycles. The molecule has 0 spiro atoms. The highest BCUT2D eigenvalue weighted by Gasteiger charge is 2.31. The van der Waals surface area contributed by atoms with Gasteiger partial charge in [-0.1, -0.05) is 6.07 Å². The van der Waals surface area contributed by atoms with Crippen molar-refractivity contribution in [3.05, 3.63) is 23.8 Å². The Balaban J connectivity index is 1.68. The van der Waals surface area contributed by atoms with E-state index in [2.05, 4.69) is 4.90 Å². The van der Waals surface area contributed by atoms with Gasteiger partial charge < -0.3 is 10.6 Å². The van der Waals surface area contributed by atoms with Crippen molar-refractivity contribution in [1.82, 2.24) is 9.21 Å². The summed E-state index contributed by atoms with van der Waals surface area (Å²) < 4.78 is 26.9. The molecule has 0 aromatic heterocycles. The van der Waals surface area contributed by atoms with Gasteiger partial charge in [-0.3, -0.25) is 0 Å². The van der Waals surface area contributed by atoms with Gasteiger partial charge in [0.05, 0.1) is 4.90 Å². The lowest BCUT2D eigenvalue weighted by atomic mass is 10.2. The average Bonchev–Trinajstić information content (AvgIpc) is 3.26. The van der Waals surface area contributed by atoms with Gasteiger partial charge in [-0.05, 0) is 43.4 Å². The largest absolute Gasteiger partial charge is 0.398 e. The molecule has 2 fully saturated rings. The summed E-state index contributed by atoms with van der Waals surface area (Å²) in [5.74, 6) is 0.852. The molecule has 6 heteroatoms. The van der Waals surface area contributed by atoms with Crippen molar-refractivity contribution in [1.29, 1.82) is 0 Å². The third kappa shape index (κ3) is 3.22. The van der Waals surface area contributed by atoms with Gasteiger partial charge in [-0.25, -0.2) is 8.42 Å². The van der Waals surface area contributed by atoms with Gasteiger partial charge in [0, 0.05) is 38.4 Å². The first kappa shape index (κ1) is 14.8. The Bertz CT molecular complexity index is 618. The number of nitrogens with zero attached hydrogens (tertiary/aromatic N) is 2. The summed E-state index contributed by atoms with van der Waals surface area (Å²) in [7, 11) is -3.41. The van der Waals surface area contributed by atoms with Crippen LogP contribution in [-0.4, -0.2) is 50.3 Å². The Labute approximate surface area is 126 Å². The number of piperazine rings is 1. The topological polar surface area (TPSA) is 66.6 Å². The van der Waals surface area contributed by atoms with E-state index in [1.165, 1.54) is 12.8 Å². The molecular formula is C15H23N3O2S. The van der Waals surface area contributed by atoms with Crippen LogP contribution in [0.1, 0.15) is 18.4 Å². The second-order valence-corrected chi connectivity index (χ2v) is 8.10. The van der Waals surface area contributed by atoms with Crippen molar-refractivity contribution in [3.63, 3.8) is 0 Å². The Kier molecular flexibility index (Phi) is 3.94. The predicted molar refractivity (Wildman–Crippen MR) is 83.5 cm³/mol. The van der Waals surface area contributed by atoms with Gasteiger partial charge in [0.2, 0.25) is 10.0 Å². The minimum Gasteiger partial charge on any atom is -0.398 e. The summed E-state index contributed by atoms with van der Waals surface area (Å²) in [6.07, 6.45) is 2.67. The molecule has 0 amide bonds. The molecule has 1 heterocycles. The molecule has 1 aliphatic heterocycles. The fourth-order valence-corrected chi connectivity index (χ4v) is 4.20. The van der Waals surface area contributed by atoms with Crippen LogP contribution in [0.2, 0.25) is 0 Å². The summed E-state index contributed by atoms with van der Waals surface area (Å²) in [6, 6.07) is 4.99. The van der Waals surface area contributed by atoms with E-state index in [-0.39, 0.29) is 0 Å². The van der Waals surface area contributed by atoms with E-state index < -0.39 is 10.0 Å². The molecule has 2 aliphatic rings. The maximum absolute atomic E-state index is 12.6. The van der Waals surface area contributed by atoms with Crippen molar-refractivity contribution >= 4 is 15.7 Å². The number of benzene rings is 1. The van der Waals surface area contributed by atoms with Crippen LogP contribution in [0.15, 0.2) is 23.1 Å². The normalized spacial score (nSPS) is 21.6. The van der Waals surface area contributed by atoms with Gasteiger partial charge in [0.15, 0.2) is 0 Å². The zero-order chi connectivity index (χ0) is 15.0. The molecule has 21 heavy (non-hydrogen) atoms. The molecule has 1 saturated carbocycles. The maximum atomic E-state index is 12.6. The fraction of sp³-hybridized carbons (Fsp3) is 0.600. The van der Waals surface area contributed by atoms with Gasteiger partial charge in [-0.15, -0.1) is 0 Å². The van der Waals surface area contributed by atoms with Gasteiger partial charge in [0.1, 0.15) is 0 Å². The third-order valence-corrected chi connectivity index (χ3v) is 6.33. The molecule has 116 valence electrons. The van der Waals surface area contributed by atoms with E-state index in [4.69, 9.17) is 5.73 Å². The number of anilines is 1. The summed E-state index contributed by atoms with van der Waals surface area (Å²) in [4.78, 5) is 2.69. The first-order valence-corrected chi connectivity index (χ1v) is 8.99. The second-order valence-electron chi connectivity index (χ2n) is 6.17. The predicted octanol–water partition coefficient (Wildman–Crippen LogP) is 1.29. The summed E-state index contributed by atoms with van der Waals surface area (Å²) in [6.45, 7) is 5.81. The van der Waals surface area contributed by atoms with Gasteiger partial charge in [0.25, 0.3) is 0 Å². The van der Waals surface area contributed by atoms with Crippen molar-refractivity contribution in [3.8, 4) is 0 Å². The molecule has 0 atom stereocenters. The van der Waals surface area contributed by atoms with Crippen molar-refractivity contribution in [2.24, 2.45) is 5.92 Å². The van der Waals surface area contributed by atoms with Crippen LogP contribution >= 0.6 is 0 Å². The Hall–Kier alpha value is -1.11. The molecule has 1 saturated heterocycles. The maximum Gasteiger partial charge on any atom is 0.243 e. The summed E-state index contributed by atoms with van der Waals surface area (Å²) in [5, 5.41) is 0. The Morgan fingerprint density at radius 1 is 1.19 bits per heavy atom. The smallest absolute Gasteiger partial charge is 0.243 e. The number of aryl methyl sites for hydroxylation is 1. The summed E-state index contributed by atoms with van der Waals surface area (Å²) >= 11 is 0. The molecule has 1 aromatic rings. The summed E-state index contributed by atoms with van der Waals surface area (Å²) in [5.41, 5.74) is 7.28. The Morgan fingerprint density at radius 3 is 2.43 bits per heavy atom. The molecule has 5 nitrogen and oxygen atoms in total. The van der Waals surface area contributed by atoms with Crippen LogP contribution < -0.4 is 5.73 Å². The van der Waals surface area contributed by atoms with Crippen LogP contribution in [0.5, 0.6) is 0 Å². The molecule has 0 unspecified atom stereocenters. The highest BCUT2D eigenvalue weighted by atomic mass is 32.2. The SMILES string of the molecule is Cc1ccc(S(=O)(=O)N2CCN(CC3CC3)CC2)cc1N. The van der Waals surface area contributed by atoms with E-state index in [0.29, 0.717) is 23.7 Å². The van der Waals surface area contributed by atoms with E-state index in [9.17, 15) is 8.42 Å². The average molecular weight is 309 g/mol. The van der Waals surface area contributed by atoms with Crippen LogP contribution in [0.25, 0.3) is 0 Å². The number of nitrogen functional groups attached to an aromatic ring is 1. The van der Waals surface area contributed by atoms with Crippen LogP contribution in [0.4, 0.5) is 5.69 Å². The second kappa shape index (κ2) is 5.59. The van der Waals surface area contributed by atoms with E-state index in [1.54, 1.807) is 22.5 Å². The first-order chi connectivity index (χ1) is 9.96. The van der Waals surface area contributed by atoms with Crippen LogP contribution in [0.3, 0.4) is 0 Å². The van der Waals surface area contributed by atoms with Gasteiger partial charge in [-0.2, -0.15) is 4.31 Å². The molecule has 2 N–H and O–H groups in total. The molecule has 3 rings (SSSR count). The Morgan fingerprint density at radius 2 is 1.86 bits per heavy atom. The number of rotatable bonds is 4. The quantitative estimate of drug-likeness (QED) is 0.851. The van der Waals surface area contributed by atoms with Gasteiger partial charge >= 0.3 is 0 Å². The number of nitrogens with two attached hydrogens (primary N) is 1. The van der Waals surface area contributed by atoms with Crippen LogP contribution in [-0.2, 0) is 10.0 Å². The molecular weight excluding hydrogens is 286 g/mol. The monoisotopic (exact) mass is 309 g/mol. The minimum absolute atomic E-state index is 0.307. The zero-order valence-corrected chi connectivity index (χ0v) is 13.3. The van der Waals surface area contributed by atoms with Crippen molar-refractivity contribution < 1.29 is 8.42 Å². The lowest BCUT2D eigenvalue weighted by Gasteiger charge is -2.34. The zero-order valence-electron chi connectivity index (χ0n) is 12.5. The van der Waals surface area contributed by atoms with E-state index in [0.717, 1.165) is 31.1 Å². The first-order valence-electron chi connectivity index (χ1n) is 7.55. The van der Waals surface area contributed by atoms with Crippen LogP contribution in [0, 0.1) is 12.8 Å². The lowest BCUT2D eigenvalue weighted by Crippen LogP contribution is -2.49. The molecule has 0 radical (unpaired) electrons. The third-order valence-electron chi connectivity index (χ3n) is 4.43. The number of sulfonamides is 1. The molecule has 1 aliphatic carbocycles. The highest BCUT2D eigenvalue weighted by molar-refractivity contribution is 7.89. The standard InChI is InChI=1S/C15H23N3O2S/c1-12-2-5-14(10-15(12)16)21(19,20)18-8-6-17(7-9-18)11-13-3-4-13/h2,5,10,13H,3-4,6-9,11,16H2,1H3. The van der Waals surface area contributed by atoms with Crippen molar-refractivity contribution in [2.45, 2.75) is 24.7 Å². The number of hydrogen-bond donors (Lipinski definition) is 1. The van der Waals surface area contributed by atoms with E-state index >= 15 is 0 Å². The van der Waals surface area contributed by atoms with Crippen molar-refractivity contribution in [2.75, 3.05) is 38.5 Å². The van der Waals surface area contributed by atoms with E-state index in [1.807, 2.05) is 6.92 Å². The minimum atomic E-state index is -3.41. The fourth-order valence-electron chi connectivity index (χ4n) is 2.75. The highest BCUT2D eigenvalue weighted by Crippen LogP contribution is 2.30. The lowest BCUT2D eigenvalue weighted by molar-refractivity contribution is 0.182.